The van der Waals surface area contributed by atoms with Gasteiger partial charge in [-0.05, 0) is 49.6 Å². The molecule has 27 heavy (non-hydrogen) atoms. The van der Waals surface area contributed by atoms with Gasteiger partial charge in [0, 0.05) is 23.6 Å². The van der Waals surface area contributed by atoms with Gasteiger partial charge in [0.2, 0.25) is 5.91 Å². The number of carbonyl (C=O) groups excluding carboxylic acids is 2. The Kier molecular flexibility index (Phi) is 4.54. The van der Waals surface area contributed by atoms with Crippen LogP contribution in [0.25, 0.3) is 10.9 Å². The Labute approximate surface area is 158 Å². The summed E-state index contributed by atoms with van der Waals surface area (Å²) in [6.07, 6.45) is 3.03. The van der Waals surface area contributed by atoms with Gasteiger partial charge >= 0.3 is 0 Å². The van der Waals surface area contributed by atoms with Gasteiger partial charge in [0.25, 0.3) is 5.91 Å². The second-order valence-electron chi connectivity index (χ2n) is 7.18. The molecule has 1 atom stereocenters. The molecule has 138 valence electrons. The lowest BCUT2D eigenvalue weighted by Gasteiger charge is -2.17. The molecule has 1 aromatic heterocycles. The Morgan fingerprint density at radius 1 is 1.15 bits per heavy atom. The molecule has 4 rings (SSSR count). The molecule has 1 saturated heterocycles. The van der Waals surface area contributed by atoms with Crippen molar-refractivity contribution in [2.45, 2.75) is 32.7 Å². The summed E-state index contributed by atoms with van der Waals surface area (Å²) < 4.78 is 0. The highest BCUT2D eigenvalue weighted by molar-refractivity contribution is 6.22. The fraction of sp³-hybridized carbons (Fsp3) is 0.273. The molecule has 5 nitrogen and oxygen atoms in total. The third-order valence-corrected chi connectivity index (χ3v) is 5.21. The van der Waals surface area contributed by atoms with Crippen LogP contribution in [-0.4, -0.2) is 29.4 Å². The lowest BCUT2D eigenvalue weighted by Crippen LogP contribution is -2.39. The second-order valence-corrected chi connectivity index (χ2v) is 7.18. The minimum atomic E-state index is -0.455. The van der Waals surface area contributed by atoms with Crippen molar-refractivity contribution in [3.8, 4) is 0 Å². The van der Waals surface area contributed by atoms with Gasteiger partial charge in [0.1, 0.15) is 0 Å². The van der Waals surface area contributed by atoms with E-state index in [1.807, 2.05) is 37.4 Å². The first-order chi connectivity index (χ1) is 13.0. The van der Waals surface area contributed by atoms with Crippen LogP contribution in [0.3, 0.4) is 0 Å². The van der Waals surface area contributed by atoms with Crippen molar-refractivity contribution in [3.05, 3.63) is 65.4 Å². The zero-order valence-electron chi connectivity index (χ0n) is 15.6. The maximum Gasteiger partial charge on any atom is 0.251 e. The van der Waals surface area contributed by atoms with Crippen molar-refractivity contribution in [1.82, 2.24) is 10.3 Å². The molecule has 0 unspecified atom stereocenters. The number of rotatable bonds is 5. The number of nitrogens with zero attached hydrogens (tertiary/aromatic N) is 1. The van der Waals surface area contributed by atoms with Gasteiger partial charge in [0.05, 0.1) is 18.2 Å². The van der Waals surface area contributed by atoms with Gasteiger partial charge in [-0.1, -0.05) is 29.8 Å². The first-order valence-corrected chi connectivity index (χ1v) is 9.27. The highest BCUT2D eigenvalue weighted by atomic mass is 16.2. The van der Waals surface area contributed by atoms with Gasteiger partial charge in [0.15, 0.2) is 0 Å². The molecule has 2 aromatic carbocycles. The fourth-order valence-corrected chi connectivity index (χ4v) is 3.74. The zero-order chi connectivity index (χ0) is 19.0. The molecule has 1 aliphatic heterocycles. The van der Waals surface area contributed by atoms with Crippen molar-refractivity contribution >= 4 is 28.4 Å². The van der Waals surface area contributed by atoms with Gasteiger partial charge in [-0.2, -0.15) is 0 Å². The van der Waals surface area contributed by atoms with Crippen molar-refractivity contribution in [2.24, 2.45) is 0 Å². The molecule has 2 N–H and O–H groups in total. The zero-order valence-corrected chi connectivity index (χ0v) is 15.6. The third-order valence-electron chi connectivity index (χ3n) is 5.21. The van der Waals surface area contributed by atoms with Crippen LogP contribution in [-0.2, 0) is 16.0 Å². The lowest BCUT2D eigenvalue weighted by atomic mass is 10.1. The van der Waals surface area contributed by atoms with E-state index in [2.05, 4.69) is 35.4 Å². The molecule has 1 aliphatic rings. The van der Waals surface area contributed by atoms with Crippen molar-refractivity contribution < 1.29 is 9.59 Å². The largest absolute Gasteiger partial charge is 0.361 e. The van der Waals surface area contributed by atoms with Crippen LogP contribution < -0.4 is 10.2 Å². The number of aromatic amines is 1. The lowest BCUT2D eigenvalue weighted by molar-refractivity contribution is -0.121. The number of nitrogens with one attached hydrogen (secondary N) is 2. The number of amides is 2. The number of hydrogen-bond donors (Lipinski definition) is 2. The summed E-state index contributed by atoms with van der Waals surface area (Å²) in [4.78, 5) is 29.8. The van der Waals surface area contributed by atoms with Crippen molar-refractivity contribution in [2.75, 3.05) is 11.4 Å². The van der Waals surface area contributed by atoms with Gasteiger partial charge < -0.3 is 10.3 Å². The normalized spacial score (nSPS) is 17.3. The summed E-state index contributed by atoms with van der Waals surface area (Å²) in [7, 11) is 0. The minimum absolute atomic E-state index is 0.144. The van der Waals surface area contributed by atoms with Crippen LogP contribution in [0.4, 0.5) is 5.69 Å². The number of carbonyl (C=O) groups is 2. The number of aryl methyl sites for hydroxylation is 2. The average Bonchev–Trinajstić information content (AvgIpc) is 3.16. The van der Waals surface area contributed by atoms with Crippen LogP contribution in [0.1, 0.15) is 23.1 Å². The predicted molar refractivity (Wildman–Crippen MR) is 107 cm³/mol. The molecule has 5 heteroatoms. The molecular formula is C22H23N3O2. The number of para-hydroxylation sites is 1. The molecule has 0 aliphatic carbocycles. The summed E-state index contributed by atoms with van der Waals surface area (Å²) in [5, 5.41) is 4.49. The summed E-state index contributed by atoms with van der Waals surface area (Å²) >= 11 is 0. The molecule has 2 amide bonds. The maximum absolute atomic E-state index is 12.8. The quantitative estimate of drug-likeness (QED) is 0.686. The topological polar surface area (TPSA) is 65.2 Å². The molecule has 0 spiro atoms. The number of benzene rings is 2. The van der Waals surface area contributed by atoms with Crippen LogP contribution in [0.15, 0.2) is 48.7 Å². The highest BCUT2D eigenvalue weighted by Gasteiger charge is 2.39. The van der Waals surface area contributed by atoms with Crippen LogP contribution in [0.5, 0.6) is 0 Å². The number of fused-ring (bicyclic) bond motifs is 1. The average molecular weight is 361 g/mol. The van der Waals surface area contributed by atoms with E-state index in [1.54, 1.807) is 0 Å². The molecule has 3 aromatic rings. The van der Waals surface area contributed by atoms with E-state index >= 15 is 0 Å². The number of hydrogen-bond acceptors (Lipinski definition) is 3. The Bertz CT molecular complexity index is 1020. The van der Waals surface area contributed by atoms with Crippen molar-refractivity contribution in [3.63, 3.8) is 0 Å². The molecule has 0 bridgehead atoms. The Morgan fingerprint density at radius 3 is 2.78 bits per heavy atom. The van der Waals surface area contributed by atoms with Crippen molar-refractivity contribution in [1.29, 1.82) is 0 Å². The summed E-state index contributed by atoms with van der Waals surface area (Å²) in [6.45, 7) is 4.64. The molecule has 0 radical (unpaired) electrons. The Morgan fingerprint density at radius 2 is 1.96 bits per heavy atom. The van der Waals surface area contributed by atoms with E-state index in [0.717, 1.165) is 17.5 Å². The fourth-order valence-electron chi connectivity index (χ4n) is 3.74. The Balaban J connectivity index is 1.43. The molecule has 1 fully saturated rings. The van der Waals surface area contributed by atoms with E-state index in [9.17, 15) is 9.59 Å². The monoisotopic (exact) mass is 361 g/mol. The number of aromatic nitrogens is 1. The van der Waals surface area contributed by atoms with Crippen LogP contribution in [0.2, 0.25) is 0 Å². The molecular weight excluding hydrogens is 338 g/mol. The van der Waals surface area contributed by atoms with Gasteiger partial charge in [-0.25, -0.2) is 4.90 Å². The SMILES string of the molecule is Cc1ccc2[nH]cc(CCN[C@@H]3CC(=O)N(c4ccccc4C)C3=O)c2c1. The third kappa shape index (κ3) is 3.26. The van der Waals surface area contributed by atoms with E-state index in [-0.39, 0.29) is 18.2 Å². The number of anilines is 1. The van der Waals surface area contributed by atoms with Crippen LogP contribution in [0, 0.1) is 13.8 Å². The first-order valence-electron chi connectivity index (χ1n) is 9.27. The van der Waals surface area contributed by atoms with E-state index < -0.39 is 6.04 Å². The minimum Gasteiger partial charge on any atom is -0.361 e. The summed E-state index contributed by atoms with van der Waals surface area (Å²) in [5.41, 5.74) is 5.17. The Hall–Kier alpha value is -2.92. The van der Waals surface area contributed by atoms with Gasteiger partial charge in [-0.3, -0.25) is 9.59 Å². The smallest absolute Gasteiger partial charge is 0.251 e. The maximum atomic E-state index is 12.8. The summed E-state index contributed by atoms with van der Waals surface area (Å²) in [6, 6.07) is 13.4. The molecule has 2 heterocycles. The number of H-pyrrole nitrogens is 1. The van der Waals surface area contributed by atoms with E-state index in [1.165, 1.54) is 21.4 Å². The predicted octanol–water partition coefficient (Wildman–Crippen LogP) is 3.25. The van der Waals surface area contributed by atoms with E-state index in [0.29, 0.717) is 12.2 Å². The summed E-state index contributed by atoms with van der Waals surface area (Å²) in [5.74, 6) is -0.307. The molecule has 0 saturated carbocycles. The standard InChI is InChI=1S/C22H23N3O2/c1-14-7-8-18-17(11-14)16(13-24-18)9-10-23-19-12-21(26)25(22(19)27)20-6-4-3-5-15(20)2/h3-8,11,13,19,23-24H,9-10,12H2,1-2H3/t19-/m1/s1. The second kappa shape index (κ2) is 7.00. The van der Waals surface area contributed by atoms with E-state index in [4.69, 9.17) is 0 Å². The van der Waals surface area contributed by atoms with Crippen LogP contribution >= 0.6 is 0 Å². The number of imide groups is 1. The highest BCUT2D eigenvalue weighted by Crippen LogP contribution is 2.26. The first kappa shape index (κ1) is 17.5. The van der Waals surface area contributed by atoms with Gasteiger partial charge in [-0.15, -0.1) is 0 Å².